The molecule has 0 spiro atoms. The minimum absolute atomic E-state index is 0.000505. The van der Waals surface area contributed by atoms with Crippen molar-refractivity contribution in [1.82, 2.24) is 10.0 Å². The molecule has 1 aliphatic carbocycles. The van der Waals surface area contributed by atoms with Crippen LogP contribution < -0.4 is 14.8 Å². The van der Waals surface area contributed by atoms with E-state index in [1.54, 1.807) is 12.1 Å². The molecule has 6 nitrogen and oxygen atoms in total. The Morgan fingerprint density at radius 2 is 1.83 bits per heavy atom. The summed E-state index contributed by atoms with van der Waals surface area (Å²) in [6.07, 6.45) is 5.21. The molecular formula is C16H24N2O4S. The number of carbonyl (C=O) groups excluding carboxylic acids is 1. The van der Waals surface area contributed by atoms with Crippen molar-refractivity contribution in [2.45, 2.75) is 37.0 Å². The summed E-state index contributed by atoms with van der Waals surface area (Å²) in [5, 5.41) is 2.77. The first-order valence-electron chi connectivity index (χ1n) is 7.91. The molecule has 2 rings (SSSR count). The average Bonchev–Trinajstić information content (AvgIpc) is 3.04. The van der Waals surface area contributed by atoms with Gasteiger partial charge in [0.05, 0.1) is 12.0 Å². The van der Waals surface area contributed by atoms with Crippen LogP contribution in [0.2, 0.25) is 0 Å². The Hall–Kier alpha value is -1.60. The molecule has 1 aromatic rings. The smallest absolute Gasteiger partial charge is 0.240 e. The maximum atomic E-state index is 12.1. The van der Waals surface area contributed by atoms with Crippen LogP contribution in [0.25, 0.3) is 0 Å². The van der Waals surface area contributed by atoms with Gasteiger partial charge in [-0.2, -0.15) is 0 Å². The molecule has 23 heavy (non-hydrogen) atoms. The lowest BCUT2D eigenvalue weighted by Crippen LogP contribution is -2.35. The van der Waals surface area contributed by atoms with E-state index < -0.39 is 10.0 Å². The van der Waals surface area contributed by atoms with Crippen molar-refractivity contribution in [3.05, 3.63) is 24.3 Å². The number of amides is 1. The third kappa shape index (κ3) is 5.51. The fourth-order valence-corrected chi connectivity index (χ4v) is 3.81. The number of methoxy groups -OCH3 is 1. The lowest BCUT2D eigenvalue weighted by atomic mass is 10.0. The Kier molecular flexibility index (Phi) is 6.41. The summed E-state index contributed by atoms with van der Waals surface area (Å²) in [6, 6.07) is 6.16. The van der Waals surface area contributed by atoms with Crippen molar-refractivity contribution in [3.8, 4) is 5.75 Å². The summed E-state index contributed by atoms with van der Waals surface area (Å²) >= 11 is 0. The second-order valence-corrected chi connectivity index (χ2v) is 7.54. The van der Waals surface area contributed by atoms with Gasteiger partial charge in [-0.3, -0.25) is 4.79 Å². The molecule has 1 amide bonds. The molecule has 7 heteroatoms. The van der Waals surface area contributed by atoms with Crippen LogP contribution in [0.3, 0.4) is 0 Å². The van der Waals surface area contributed by atoms with Crippen LogP contribution in [0, 0.1) is 5.92 Å². The van der Waals surface area contributed by atoms with Gasteiger partial charge in [-0.15, -0.1) is 0 Å². The fourth-order valence-electron chi connectivity index (χ4n) is 2.77. The van der Waals surface area contributed by atoms with Crippen LogP contribution in [0.5, 0.6) is 5.75 Å². The number of carbonyl (C=O) groups is 1. The maximum absolute atomic E-state index is 12.1. The summed E-state index contributed by atoms with van der Waals surface area (Å²) in [5.41, 5.74) is 0. The van der Waals surface area contributed by atoms with Gasteiger partial charge >= 0.3 is 0 Å². The van der Waals surface area contributed by atoms with Crippen molar-refractivity contribution >= 4 is 15.9 Å². The molecule has 128 valence electrons. The largest absolute Gasteiger partial charge is 0.497 e. The highest BCUT2D eigenvalue weighted by Crippen LogP contribution is 2.27. The molecule has 0 radical (unpaired) electrons. The Morgan fingerprint density at radius 1 is 1.17 bits per heavy atom. The van der Waals surface area contributed by atoms with E-state index in [2.05, 4.69) is 10.0 Å². The van der Waals surface area contributed by atoms with Gasteiger partial charge < -0.3 is 10.1 Å². The van der Waals surface area contributed by atoms with Crippen LogP contribution in [-0.2, 0) is 14.8 Å². The van der Waals surface area contributed by atoms with E-state index in [0.717, 1.165) is 12.8 Å². The van der Waals surface area contributed by atoms with Gasteiger partial charge in [-0.05, 0) is 43.0 Å². The van der Waals surface area contributed by atoms with Crippen molar-refractivity contribution in [3.63, 3.8) is 0 Å². The van der Waals surface area contributed by atoms with Crippen molar-refractivity contribution < 1.29 is 17.9 Å². The number of ether oxygens (including phenoxy) is 1. The fraction of sp³-hybridized carbons (Fsp3) is 0.562. The molecule has 0 bridgehead atoms. The van der Waals surface area contributed by atoms with E-state index in [-0.39, 0.29) is 17.3 Å². The maximum Gasteiger partial charge on any atom is 0.240 e. The summed E-state index contributed by atoms with van der Waals surface area (Å²) in [7, 11) is -2.04. The third-order valence-corrected chi connectivity index (χ3v) is 5.53. The molecule has 0 saturated heterocycles. The standard InChI is InChI=1S/C16H24N2O4S/c1-22-14-6-8-15(9-7-14)23(20,21)18-11-10-17-16(19)12-13-4-2-3-5-13/h6-9,13,18H,2-5,10-12H2,1H3,(H,17,19). The number of nitrogens with one attached hydrogen (secondary N) is 2. The van der Waals surface area contributed by atoms with E-state index in [1.807, 2.05) is 0 Å². The number of sulfonamides is 1. The highest BCUT2D eigenvalue weighted by atomic mass is 32.2. The molecule has 1 aromatic carbocycles. The molecule has 1 saturated carbocycles. The Balaban J connectivity index is 1.72. The number of hydrogen-bond acceptors (Lipinski definition) is 4. The van der Waals surface area contributed by atoms with Gasteiger partial charge in [-0.25, -0.2) is 13.1 Å². The van der Waals surface area contributed by atoms with Crippen molar-refractivity contribution in [1.29, 1.82) is 0 Å². The second kappa shape index (κ2) is 8.31. The molecule has 0 unspecified atom stereocenters. The molecule has 0 aromatic heterocycles. The lowest BCUT2D eigenvalue weighted by molar-refractivity contribution is -0.121. The predicted molar refractivity (Wildman–Crippen MR) is 87.8 cm³/mol. The van der Waals surface area contributed by atoms with Gasteiger partial charge in [0.15, 0.2) is 0 Å². The highest BCUT2D eigenvalue weighted by Gasteiger charge is 2.18. The Labute approximate surface area is 137 Å². The SMILES string of the molecule is COc1ccc(S(=O)(=O)NCCNC(=O)CC2CCCC2)cc1. The van der Waals surface area contributed by atoms with E-state index in [9.17, 15) is 13.2 Å². The summed E-state index contributed by atoms with van der Waals surface area (Å²) < 4.78 is 31.7. The Morgan fingerprint density at radius 3 is 2.43 bits per heavy atom. The summed E-state index contributed by atoms with van der Waals surface area (Å²) in [5.74, 6) is 1.09. The van der Waals surface area contributed by atoms with Gasteiger partial charge in [0, 0.05) is 19.5 Å². The first-order chi connectivity index (χ1) is 11.0. The van der Waals surface area contributed by atoms with Gasteiger partial charge in [-0.1, -0.05) is 12.8 Å². The van der Waals surface area contributed by atoms with Gasteiger partial charge in [0.25, 0.3) is 0 Å². The minimum Gasteiger partial charge on any atom is -0.497 e. The zero-order valence-electron chi connectivity index (χ0n) is 13.4. The molecule has 1 aliphatic rings. The zero-order chi connectivity index (χ0) is 16.7. The molecule has 2 N–H and O–H groups in total. The molecular weight excluding hydrogens is 316 g/mol. The Bertz CT molecular complexity index is 607. The van der Waals surface area contributed by atoms with Gasteiger partial charge in [0.1, 0.15) is 5.75 Å². The molecule has 0 atom stereocenters. The molecule has 0 heterocycles. The van der Waals surface area contributed by atoms with Gasteiger partial charge in [0.2, 0.25) is 15.9 Å². The average molecular weight is 340 g/mol. The first-order valence-corrected chi connectivity index (χ1v) is 9.40. The van der Waals surface area contributed by atoms with E-state index in [1.165, 1.54) is 32.1 Å². The van der Waals surface area contributed by atoms with Crippen LogP contribution in [-0.4, -0.2) is 34.5 Å². The lowest BCUT2D eigenvalue weighted by Gasteiger charge is -2.10. The number of rotatable bonds is 8. The number of hydrogen-bond donors (Lipinski definition) is 2. The molecule has 0 aliphatic heterocycles. The van der Waals surface area contributed by atoms with Crippen LogP contribution in [0.15, 0.2) is 29.2 Å². The minimum atomic E-state index is -3.56. The zero-order valence-corrected chi connectivity index (χ0v) is 14.2. The second-order valence-electron chi connectivity index (χ2n) is 5.78. The van der Waals surface area contributed by atoms with Crippen molar-refractivity contribution in [2.75, 3.05) is 20.2 Å². The highest BCUT2D eigenvalue weighted by molar-refractivity contribution is 7.89. The number of benzene rings is 1. The van der Waals surface area contributed by atoms with Crippen LogP contribution >= 0.6 is 0 Å². The normalized spacial score (nSPS) is 15.5. The van der Waals surface area contributed by atoms with E-state index >= 15 is 0 Å². The van der Waals surface area contributed by atoms with E-state index in [4.69, 9.17) is 4.74 Å². The third-order valence-electron chi connectivity index (χ3n) is 4.06. The van der Waals surface area contributed by atoms with E-state index in [0.29, 0.717) is 24.6 Å². The quantitative estimate of drug-likeness (QED) is 0.705. The van der Waals surface area contributed by atoms with Crippen LogP contribution in [0.1, 0.15) is 32.1 Å². The summed E-state index contributed by atoms with van der Waals surface area (Å²) in [4.78, 5) is 11.9. The first kappa shape index (κ1) is 17.7. The van der Waals surface area contributed by atoms with Crippen LogP contribution in [0.4, 0.5) is 0 Å². The molecule has 1 fully saturated rings. The van der Waals surface area contributed by atoms with Crippen molar-refractivity contribution in [2.24, 2.45) is 5.92 Å². The summed E-state index contributed by atoms with van der Waals surface area (Å²) in [6.45, 7) is 0.464. The monoisotopic (exact) mass is 340 g/mol. The predicted octanol–water partition coefficient (Wildman–Crippen LogP) is 1.67. The topological polar surface area (TPSA) is 84.5 Å².